The van der Waals surface area contributed by atoms with Crippen molar-refractivity contribution in [2.24, 2.45) is 4.99 Å². The normalized spacial score (nSPS) is 11.6. The van der Waals surface area contributed by atoms with Crippen LogP contribution in [0.15, 0.2) is 35.3 Å². The van der Waals surface area contributed by atoms with E-state index in [9.17, 15) is 23.7 Å². The van der Waals surface area contributed by atoms with E-state index in [1.165, 1.54) is 29.7 Å². The molecule has 0 fully saturated rings. The van der Waals surface area contributed by atoms with Gasteiger partial charge in [-0.1, -0.05) is 23.3 Å². The van der Waals surface area contributed by atoms with Crippen LogP contribution in [0.1, 0.15) is 15.9 Å². The third-order valence-electron chi connectivity index (χ3n) is 3.87. The molecule has 3 aromatic rings. The molecule has 0 radical (unpaired) electrons. The first-order valence-corrected chi connectivity index (χ1v) is 8.40. The maximum Gasteiger partial charge on any atom is 0.280 e. The smallest absolute Gasteiger partial charge is 0.280 e. The lowest BCUT2D eigenvalue weighted by atomic mass is 10.1. The van der Waals surface area contributed by atoms with Crippen molar-refractivity contribution in [2.75, 3.05) is 0 Å². The number of nitro groups is 1. The number of hydrogen-bond acceptors (Lipinski definition) is 4. The Morgan fingerprint density at radius 1 is 1.41 bits per heavy atom. The van der Waals surface area contributed by atoms with Gasteiger partial charge in [-0.05, 0) is 19.1 Å². The highest BCUT2D eigenvalue weighted by Gasteiger charge is 2.19. The molecular formula is C18H11F2N3O3S. The minimum Gasteiger partial charge on any atom is -0.302 e. The average molecular weight is 387 g/mol. The van der Waals surface area contributed by atoms with Gasteiger partial charge in [0.15, 0.2) is 10.6 Å². The number of rotatable bonds is 3. The highest BCUT2D eigenvalue weighted by molar-refractivity contribution is 7.16. The number of thiazole rings is 1. The number of aromatic nitrogens is 1. The van der Waals surface area contributed by atoms with Gasteiger partial charge in [-0.25, -0.2) is 8.78 Å². The Hall–Kier alpha value is -3.38. The number of fused-ring (bicyclic) bond motifs is 1. The second-order valence-corrected chi connectivity index (χ2v) is 6.54. The van der Waals surface area contributed by atoms with E-state index in [2.05, 4.69) is 10.9 Å². The fourth-order valence-corrected chi connectivity index (χ4v) is 3.72. The van der Waals surface area contributed by atoms with Crippen LogP contribution in [-0.4, -0.2) is 15.4 Å². The number of benzene rings is 2. The van der Waals surface area contributed by atoms with E-state index in [0.29, 0.717) is 0 Å². The summed E-state index contributed by atoms with van der Waals surface area (Å²) in [5.41, 5.74) is 0.0392. The molecule has 0 saturated carbocycles. The summed E-state index contributed by atoms with van der Waals surface area (Å²) in [6, 6.07) is 5.91. The quantitative estimate of drug-likeness (QED) is 0.392. The summed E-state index contributed by atoms with van der Waals surface area (Å²) >= 11 is 0.898. The largest absolute Gasteiger partial charge is 0.302 e. The molecule has 2 aromatic carbocycles. The van der Waals surface area contributed by atoms with Crippen LogP contribution >= 0.6 is 11.3 Å². The van der Waals surface area contributed by atoms with E-state index in [1.54, 1.807) is 0 Å². The van der Waals surface area contributed by atoms with E-state index in [4.69, 9.17) is 6.42 Å². The van der Waals surface area contributed by atoms with Crippen molar-refractivity contribution in [3.63, 3.8) is 0 Å². The summed E-state index contributed by atoms with van der Waals surface area (Å²) in [7, 11) is 0. The van der Waals surface area contributed by atoms with Crippen molar-refractivity contribution in [1.82, 2.24) is 4.57 Å². The predicted molar refractivity (Wildman–Crippen MR) is 96.3 cm³/mol. The van der Waals surface area contributed by atoms with Crippen molar-refractivity contribution in [1.29, 1.82) is 0 Å². The molecule has 6 nitrogen and oxygen atoms in total. The molecule has 1 amide bonds. The van der Waals surface area contributed by atoms with Gasteiger partial charge in [0.25, 0.3) is 11.6 Å². The summed E-state index contributed by atoms with van der Waals surface area (Å²) < 4.78 is 29.2. The first kappa shape index (κ1) is 18.4. The molecule has 1 aromatic heterocycles. The van der Waals surface area contributed by atoms with Crippen LogP contribution < -0.4 is 4.80 Å². The molecule has 27 heavy (non-hydrogen) atoms. The Kier molecular flexibility index (Phi) is 4.83. The molecule has 3 rings (SSSR count). The molecule has 9 heteroatoms. The second-order valence-electron chi connectivity index (χ2n) is 5.53. The van der Waals surface area contributed by atoms with Crippen molar-refractivity contribution in [2.45, 2.75) is 13.5 Å². The zero-order valence-corrected chi connectivity index (χ0v) is 14.7. The number of nitro benzene ring substituents is 1. The number of terminal acetylenes is 1. The minimum absolute atomic E-state index is 0.0422. The summed E-state index contributed by atoms with van der Waals surface area (Å²) in [6.45, 7) is 1.36. The molecule has 0 spiro atoms. The van der Waals surface area contributed by atoms with Crippen molar-refractivity contribution >= 4 is 33.1 Å². The Morgan fingerprint density at radius 3 is 2.81 bits per heavy atom. The SMILES string of the molecule is C#CCn1c(=NC(=O)c2cccc([N+](=O)[O-])c2C)sc2cc(F)cc(F)c21. The zero-order chi connectivity index (χ0) is 19.7. The lowest BCUT2D eigenvalue weighted by Crippen LogP contribution is -2.17. The van der Waals surface area contributed by atoms with E-state index in [0.717, 1.165) is 23.5 Å². The van der Waals surface area contributed by atoms with Crippen LogP contribution in [0.3, 0.4) is 0 Å². The van der Waals surface area contributed by atoms with Gasteiger partial charge in [0, 0.05) is 17.7 Å². The first-order chi connectivity index (χ1) is 12.8. The number of carbonyl (C=O) groups is 1. The van der Waals surface area contributed by atoms with Gasteiger partial charge in [0.1, 0.15) is 5.82 Å². The lowest BCUT2D eigenvalue weighted by molar-refractivity contribution is -0.385. The van der Waals surface area contributed by atoms with Crippen LogP contribution in [0.4, 0.5) is 14.5 Å². The number of nitrogens with zero attached hydrogens (tertiary/aromatic N) is 3. The Balaban J connectivity index is 2.22. The Labute approximate surface area is 155 Å². The molecule has 1 heterocycles. The number of hydrogen-bond donors (Lipinski definition) is 0. The number of halogens is 2. The third kappa shape index (κ3) is 3.35. The molecule has 0 unspecified atom stereocenters. The Morgan fingerprint density at radius 2 is 2.15 bits per heavy atom. The molecule has 0 aliphatic heterocycles. The molecule has 136 valence electrons. The third-order valence-corrected chi connectivity index (χ3v) is 4.90. The van der Waals surface area contributed by atoms with E-state index >= 15 is 0 Å². The van der Waals surface area contributed by atoms with Crippen molar-refractivity contribution in [3.8, 4) is 12.3 Å². The van der Waals surface area contributed by atoms with Crippen LogP contribution in [0, 0.1) is 41.0 Å². The van der Waals surface area contributed by atoms with Crippen LogP contribution in [0.2, 0.25) is 0 Å². The molecule has 0 bridgehead atoms. The standard InChI is InChI=1S/C18H11F2N3O3S/c1-3-7-22-16-13(20)8-11(19)9-15(16)27-18(22)21-17(24)12-5-4-6-14(10(12)2)23(25)26/h1,4-6,8-9H,7H2,2H3. The highest BCUT2D eigenvalue weighted by Crippen LogP contribution is 2.24. The Bertz CT molecular complexity index is 1210. The molecule has 0 saturated heterocycles. The van der Waals surface area contributed by atoms with Crippen LogP contribution in [-0.2, 0) is 6.54 Å². The summed E-state index contributed by atoms with van der Waals surface area (Å²) in [5.74, 6) is 0.0155. The van der Waals surface area contributed by atoms with Crippen molar-refractivity contribution < 1.29 is 18.5 Å². The lowest BCUT2D eigenvalue weighted by Gasteiger charge is -2.03. The van der Waals surface area contributed by atoms with E-state index in [1.807, 2.05) is 0 Å². The van der Waals surface area contributed by atoms with Gasteiger partial charge in [-0.15, -0.1) is 6.42 Å². The minimum atomic E-state index is -0.822. The van der Waals surface area contributed by atoms with Gasteiger partial charge in [-0.2, -0.15) is 4.99 Å². The van der Waals surface area contributed by atoms with Gasteiger partial charge in [0.2, 0.25) is 0 Å². The zero-order valence-electron chi connectivity index (χ0n) is 13.9. The van der Waals surface area contributed by atoms with Crippen LogP contribution in [0.25, 0.3) is 10.2 Å². The molecule has 0 aliphatic rings. The number of amides is 1. The topological polar surface area (TPSA) is 77.5 Å². The van der Waals surface area contributed by atoms with E-state index in [-0.39, 0.29) is 38.4 Å². The van der Waals surface area contributed by atoms with Gasteiger partial charge >= 0.3 is 0 Å². The monoisotopic (exact) mass is 387 g/mol. The maximum absolute atomic E-state index is 14.2. The predicted octanol–water partition coefficient (Wildman–Crippen LogP) is 3.57. The molecule has 0 N–H and O–H groups in total. The second kappa shape index (κ2) is 7.09. The number of carbonyl (C=O) groups excluding carboxylic acids is 1. The fourth-order valence-electron chi connectivity index (χ4n) is 2.65. The average Bonchev–Trinajstić information content (AvgIpc) is 2.92. The van der Waals surface area contributed by atoms with Crippen molar-refractivity contribution in [3.05, 3.63) is 68.0 Å². The first-order valence-electron chi connectivity index (χ1n) is 7.58. The van der Waals surface area contributed by atoms with Gasteiger partial charge in [-0.3, -0.25) is 14.9 Å². The summed E-state index contributed by atoms with van der Waals surface area (Å²) in [6.07, 6.45) is 5.31. The van der Waals surface area contributed by atoms with E-state index < -0.39 is 22.5 Å². The molecule has 0 aliphatic carbocycles. The maximum atomic E-state index is 14.2. The highest BCUT2D eigenvalue weighted by atomic mass is 32.1. The molecule has 0 atom stereocenters. The van der Waals surface area contributed by atoms with Gasteiger partial charge < -0.3 is 4.57 Å². The van der Waals surface area contributed by atoms with Gasteiger partial charge in [0.05, 0.1) is 27.2 Å². The fraction of sp³-hybridized carbons (Fsp3) is 0.111. The summed E-state index contributed by atoms with van der Waals surface area (Å²) in [4.78, 5) is 27.1. The summed E-state index contributed by atoms with van der Waals surface area (Å²) in [5, 5.41) is 11.0. The van der Waals surface area contributed by atoms with Crippen LogP contribution in [0.5, 0.6) is 0 Å². The molecular weight excluding hydrogens is 376 g/mol.